The molecular formula is C32H48N4O4. The van der Waals surface area contributed by atoms with Crippen molar-refractivity contribution in [3.05, 3.63) is 47.3 Å². The molecule has 8 heteroatoms. The van der Waals surface area contributed by atoms with Crippen LogP contribution >= 0.6 is 0 Å². The van der Waals surface area contributed by atoms with Gasteiger partial charge in [0.05, 0.1) is 6.04 Å². The zero-order valence-electron chi connectivity index (χ0n) is 25.0. The smallest absolute Gasteiger partial charge is 0.240 e. The van der Waals surface area contributed by atoms with Gasteiger partial charge in [0.2, 0.25) is 11.8 Å². The first kappa shape index (κ1) is 29.1. The van der Waals surface area contributed by atoms with Crippen LogP contribution in [0.5, 0.6) is 0 Å². The van der Waals surface area contributed by atoms with Crippen LogP contribution in [0.3, 0.4) is 0 Å². The normalized spacial score (nSPS) is 32.4. The van der Waals surface area contributed by atoms with Crippen LogP contribution in [0.4, 0.5) is 0 Å². The predicted octanol–water partition coefficient (Wildman–Crippen LogP) is 3.34. The van der Waals surface area contributed by atoms with Crippen LogP contribution in [0.1, 0.15) is 47.5 Å². The first-order valence-corrected chi connectivity index (χ1v) is 15.3. The predicted molar refractivity (Wildman–Crippen MR) is 156 cm³/mol. The maximum atomic E-state index is 14.0. The molecule has 3 aliphatic heterocycles. The highest BCUT2D eigenvalue weighted by Crippen LogP contribution is 2.34. The summed E-state index contributed by atoms with van der Waals surface area (Å²) in [5, 5.41) is 3.36. The quantitative estimate of drug-likeness (QED) is 0.498. The molecule has 6 atom stereocenters. The lowest BCUT2D eigenvalue weighted by atomic mass is 9.83. The second-order valence-electron chi connectivity index (χ2n) is 12.8. The van der Waals surface area contributed by atoms with Gasteiger partial charge in [-0.15, -0.1) is 0 Å². The van der Waals surface area contributed by atoms with Gasteiger partial charge in [-0.3, -0.25) is 14.5 Å². The molecule has 2 aliphatic carbocycles. The summed E-state index contributed by atoms with van der Waals surface area (Å²) >= 11 is 0. The van der Waals surface area contributed by atoms with E-state index in [1.807, 2.05) is 4.90 Å². The first-order valence-electron chi connectivity index (χ1n) is 15.3. The van der Waals surface area contributed by atoms with Crippen molar-refractivity contribution in [2.75, 3.05) is 52.6 Å². The van der Waals surface area contributed by atoms with Crippen LogP contribution in [0.2, 0.25) is 0 Å². The summed E-state index contributed by atoms with van der Waals surface area (Å²) in [6.07, 6.45) is 12.1. The SMILES string of the molecule is CC1=CC=CC(CN(C(=O)CC(C)C)[C@H]2C[C@@H](C(=O)N3CCNCC3)N(CC3=CC(C)C4OCOC4=C3)C2)C1C. The molecule has 1 N–H and O–H groups in total. The zero-order chi connectivity index (χ0) is 28.4. The molecular weight excluding hydrogens is 504 g/mol. The van der Waals surface area contributed by atoms with E-state index in [2.05, 4.69) is 80.1 Å². The third-order valence-corrected chi connectivity index (χ3v) is 9.35. The van der Waals surface area contributed by atoms with E-state index in [1.54, 1.807) is 0 Å². The lowest BCUT2D eigenvalue weighted by molar-refractivity contribution is -0.137. The fourth-order valence-corrected chi connectivity index (χ4v) is 6.87. The number of nitrogens with one attached hydrogen (secondary N) is 1. The average molecular weight is 553 g/mol. The number of rotatable bonds is 8. The molecule has 3 saturated heterocycles. The van der Waals surface area contributed by atoms with Crippen molar-refractivity contribution in [1.29, 1.82) is 0 Å². The molecule has 8 nitrogen and oxygen atoms in total. The summed E-state index contributed by atoms with van der Waals surface area (Å²) < 4.78 is 11.5. The van der Waals surface area contributed by atoms with Gasteiger partial charge in [-0.2, -0.15) is 0 Å². The number of amides is 2. The van der Waals surface area contributed by atoms with Gasteiger partial charge in [0, 0.05) is 70.1 Å². The summed E-state index contributed by atoms with van der Waals surface area (Å²) in [6, 6.07) is -0.241. The standard InChI is InChI=1S/C32H48N4O4/c1-21(2)13-30(37)36(18-26-8-6-7-22(3)24(26)5)27-16-28(32(38)34-11-9-33-10-12-34)35(19-27)17-25-14-23(4)31-29(15-25)39-20-40-31/h6-8,14-15,21,23-24,26-28,31,33H,9-13,16-20H2,1-5H3/t23?,24?,26?,27-,28-,31?/m0/s1. The van der Waals surface area contributed by atoms with E-state index in [4.69, 9.17) is 9.47 Å². The number of ether oxygens (including phenoxy) is 2. The molecule has 5 rings (SSSR count). The van der Waals surface area contributed by atoms with E-state index in [0.29, 0.717) is 45.2 Å². The fraction of sp³-hybridized carbons (Fsp3) is 0.688. The molecule has 0 aromatic carbocycles. The van der Waals surface area contributed by atoms with Crippen LogP contribution < -0.4 is 5.32 Å². The molecule has 0 radical (unpaired) electrons. The Morgan fingerprint density at radius 3 is 2.73 bits per heavy atom. The van der Waals surface area contributed by atoms with Gasteiger partial charge in [0.25, 0.3) is 0 Å². The van der Waals surface area contributed by atoms with Gasteiger partial charge >= 0.3 is 0 Å². The molecule has 0 saturated carbocycles. The van der Waals surface area contributed by atoms with Crippen molar-refractivity contribution in [3.63, 3.8) is 0 Å². The Balaban J connectivity index is 1.39. The number of hydrogen-bond acceptors (Lipinski definition) is 6. The molecule has 3 fully saturated rings. The second kappa shape index (κ2) is 12.6. The van der Waals surface area contributed by atoms with Gasteiger partial charge in [0.1, 0.15) is 11.9 Å². The highest BCUT2D eigenvalue weighted by Gasteiger charge is 2.43. The lowest BCUT2D eigenvalue weighted by Crippen LogP contribution is -2.52. The Labute approximate surface area is 240 Å². The minimum atomic E-state index is -0.244. The molecule has 5 aliphatic rings. The molecule has 0 aromatic heterocycles. The van der Waals surface area contributed by atoms with Crippen molar-refractivity contribution >= 4 is 11.8 Å². The molecule has 0 aromatic rings. The van der Waals surface area contributed by atoms with Gasteiger partial charge in [0.15, 0.2) is 6.79 Å². The van der Waals surface area contributed by atoms with E-state index >= 15 is 0 Å². The van der Waals surface area contributed by atoms with E-state index in [1.165, 1.54) is 5.57 Å². The second-order valence-corrected chi connectivity index (χ2v) is 12.8. The Hall–Kier alpha value is -2.42. The maximum absolute atomic E-state index is 14.0. The summed E-state index contributed by atoms with van der Waals surface area (Å²) in [7, 11) is 0. The van der Waals surface area contributed by atoms with E-state index in [0.717, 1.165) is 37.5 Å². The maximum Gasteiger partial charge on any atom is 0.240 e. The first-order chi connectivity index (χ1) is 19.2. The van der Waals surface area contributed by atoms with Crippen molar-refractivity contribution in [3.8, 4) is 0 Å². The van der Waals surface area contributed by atoms with Gasteiger partial charge in [-0.05, 0) is 36.8 Å². The van der Waals surface area contributed by atoms with Gasteiger partial charge in [-0.25, -0.2) is 0 Å². The molecule has 40 heavy (non-hydrogen) atoms. The van der Waals surface area contributed by atoms with Crippen molar-refractivity contribution in [2.45, 2.75) is 65.6 Å². The molecule has 0 spiro atoms. The third-order valence-electron chi connectivity index (χ3n) is 9.35. The van der Waals surface area contributed by atoms with Crippen LogP contribution in [0.15, 0.2) is 47.3 Å². The third kappa shape index (κ3) is 6.39. The number of carbonyl (C=O) groups excluding carboxylic acids is 2. The van der Waals surface area contributed by atoms with Gasteiger partial charge in [-0.1, -0.05) is 57.6 Å². The number of fused-ring (bicyclic) bond motifs is 1. The number of likely N-dealkylation sites (tertiary alicyclic amines) is 1. The monoisotopic (exact) mass is 552 g/mol. The Morgan fingerprint density at radius 2 is 1.98 bits per heavy atom. The largest absolute Gasteiger partial charge is 0.469 e. The summed E-state index contributed by atoms with van der Waals surface area (Å²) in [5.74, 6) is 2.46. The van der Waals surface area contributed by atoms with Crippen LogP contribution in [-0.2, 0) is 19.1 Å². The summed E-state index contributed by atoms with van der Waals surface area (Å²) in [4.78, 5) is 34.2. The van der Waals surface area contributed by atoms with E-state index in [9.17, 15) is 9.59 Å². The Morgan fingerprint density at radius 1 is 1.20 bits per heavy atom. The minimum absolute atomic E-state index is 0.00278. The fourth-order valence-electron chi connectivity index (χ4n) is 6.87. The number of allylic oxidation sites excluding steroid dienone is 3. The molecule has 220 valence electrons. The number of nitrogens with zero attached hydrogens (tertiary/aromatic N) is 3. The molecule has 2 amide bonds. The number of piperazine rings is 1. The van der Waals surface area contributed by atoms with Crippen molar-refractivity contribution in [2.24, 2.45) is 23.7 Å². The number of carbonyl (C=O) groups is 2. The minimum Gasteiger partial charge on any atom is -0.469 e. The molecule has 3 heterocycles. The molecule has 4 unspecified atom stereocenters. The van der Waals surface area contributed by atoms with Crippen molar-refractivity contribution in [1.82, 2.24) is 20.0 Å². The topological polar surface area (TPSA) is 74.4 Å². The lowest BCUT2D eigenvalue weighted by Gasteiger charge is -2.35. The van der Waals surface area contributed by atoms with Crippen molar-refractivity contribution < 1.29 is 19.1 Å². The highest BCUT2D eigenvalue weighted by atomic mass is 16.7. The number of hydrogen-bond donors (Lipinski definition) is 1. The Bertz CT molecular complexity index is 1070. The highest BCUT2D eigenvalue weighted by molar-refractivity contribution is 5.83. The zero-order valence-corrected chi connectivity index (χ0v) is 25.0. The molecule has 0 bridgehead atoms. The Kier molecular flexibility index (Phi) is 9.18. The summed E-state index contributed by atoms with van der Waals surface area (Å²) in [6.45, 7) is 16.3. The van der Waals surface area contributed by atoms with Crippen LogP contribution in [0.25, 0.3) is 0 Å². The van der Waals surface area contributed by atoms with Crippen LogP contribution in [-0.4, -0.2) is 97.3 Å². The van der Waals surface area contributed by atoms with Crippen LogP contribution in [0, 0.1) is 23.7 Å². The van der Waals surface area contributed by atoms with E-state index < -0.39 is 0 Å². The van der Waals surface area contributed by atoms with E-state index in [-0.39, 0.29) is 47.8 Å². The average Bonchev–Trinajstić information content (AvgIpc) is 3.57. The van der Waals surface area contributed by atoms with Gasteiger partial charge < -0.3 is 24.6 Å². The summed E-state index contributed by atoms with van der Waals surface area (Å²) in [5.41, 5.74) is 2.51.